The highest BCUT2D eigenvalue weighted by Crippen LogP contribution is 2.45. The number of hydrogen-bond acceptors (Lipinski definition) is 3. The van der Waals surface area contributed by atoms with E-state index in [1.165, 1.54) is 43.5 Å². The molecule has 0 saturated carbocycles. The predicted molar refractivity (Wildman–Crippen MR) is 257 cm³/mol. The van der Waals surface area contributed by atoms with Crippen molar-refractivity contribution >= 4 is 86.7 Å². The van der Waals surface area contributed by atoms with Gasteiger partial charge in [0.15, 0.2) is 0 Å². The summed E-state index contributed by atoms with van der Waals surface area (Å²) in [5, 5.41) is 11.9. The van der Waals surface area contributed by atoms with Gasteiger partial charge >= 0.3 is 0 Å². The van der Waals surface area contributed by atoms with E-state index >= 15 is 0 Å². The van der Waals surface area contributed by atoms with Gasteiger partial charge in [-0.25, -0.2) is 9.97 Å². The van der Waals surface area contributed by atoms with Crippen LogP contribution in [0.4, 0.5) is 0 Å². The first-order valence-electron chi connectivity index (χ1n) is 20.7. The topological polar surface area (TPSA) is 35.6 Å². The fraction of sp³-hybridized carbons (Fsp3) is 0. The summed E-state index contributed by atoms with van der Waals surface area (Å²) < 4.78 is 5.84. The zero-order valence-corrected chi connectivity index (χ0v) is 33.6. The van der Waals surface area contributed by atoms with Crippen molar-refractivity contribution in [2.45, 2.75) is 0 Å². The number of fused-ring (bicyclic) bond motifs is 11. The number of benzene rings is 9. The fourth-order valence-electron chi connectivity index (χ4n) is 9.69. The highest BCUT2D eigenvalue weighted by molar-refractivity contribution is 7.18. The molecule has 13 rings (SSSR count). The first-order valence-corrected chi connectivity index (χ1v) is 21.5. The molecule has 4 nitrogen and oxygen atoms in total. The van der Waals surface area contributed by atoms with Crippen molar-refractivity contribution in [2.24, 2.45) is 0 Å². The molecule has 4 aromatic heterocycles. The summed E-state index contributed by atoms with van der Waals surface area (Å²) in [6.45, 7) is 0. The average molecular weight is 795 g/mol. The van der Waals surface area contributed by atoms with Crippen LogP contribution in [-0.2, 0) is 0 Å². The molecule has 0 bridgehead atoms. The molecule has 0 aliphatic carbocycles. The third-order valence-electron chi connectivity index (χ3n) is 12.4. The Bertz CT molecular complexity index is 3860. The van der Waals surface area contributed by atoms with Gasteiger partial charge in [-0.3, -0.25) is 4.57 Å². The monoisotopic (exact) mass is 794 g/mol. The van der Waals surface area contributed by atoms with Crippen LogP contribution in [0, 0.1) is 0 Å². The minimum Gasteiger partial charge on any atom is -0.309 e. The van der Waals surface area contributed by atoms with E-state index < -0.39 is 0 Å². The van der Waals surface area contributed by atoms with E-state index in [1.807, 2.05) is 0 Å². The lowest BCUT2D eigenvalue weighted by molar-refractivity contribution is 1.02. The molecule has 0 atom stereocenters. The smallest absolute Gasteiger partial charge is 0.235 e. The third-order valence-corrected chi connectivity index (χ3v) is 13.4. The summed E-state index contributed by atoms with van der Waals surface area (Å²) in [5.41, 5.74) is 13.2. The van der Waals surface area contributed by atoms with Gasteiger partial charge in [-0.1, -0.05) is 170 Å². The Balaban J connectivity index is 1.13. The van der Waals surface area contributed by atoms with Gasteiger partial charge in [-0.05, 0) is 57.6 Å². The first-order chi connectivity index (χ1) is 30.3. The maximum atomic E-state index is 5.52. The Morgan fingerprint density at radius 2 is 1.05 bits per heavy atom. The first kappa shape index (κ1) is 34.0. The van der Waals surface area contributed by atoms with Crippen molar-refractivity contribution in [1.82, 2.24) is 19.1 Å². The van der Waals surface area contributed by atoms with Crippen molar-refractivity contribution in [3.05, 3.63) is 206 Å². The molecular formula is C56H34N4S. The molecule has 0 saturated heterocycles. The SMILES string of the molecule is c1ccc(-c2csc3c(-c4ccccc4)nc(-n4c5ccc(-c6cccc7c8c9ccccc9ccc8n(-c8ccccc8)c67)cc5c5ccc6ccccc6c54)nc23)cc1. The largest absolute Gasteiger partial charge is 0.309 e. The van der Waals surface area contributed by atoms with E-state index in [2.05, 4.69) is 215 Å². The summed E-state index contributed by atoms with van der Waals surface area (Å²) in [5.74, 6) is 0.657. The van der Waals surface area contributed by atoms with Crippen molar-refractivity contribution in [3.8, 4) is 45.1 Å². The Morgan fingerprint density at radius 1 is 0.393 bits per heavy atom. The maximum Gasteiger partial charge on any atom is 0.235 e. The van der Waals surface area contributed by atoms with Gasteiger partial charge in [0.2, 0.25) is 5.95 Å². The highest BCUT2D eigenvalue weighted by Gasteiger charge is 2.23. The zero-order valence-electron chi connectivity index (χ0n) is 32.8. The summed E-state index contributed by atoms with van der Waals surface area (Å²) in [6.07, 6.45) is 0. The van der Waals surface area contributed by atoms with Gasteiger partial charge in [-0.2, -0.15) is 0 Å². The van der Waals surface area contributed by atoms with Gasteiger partial charge in [0.05, 0.1) is 38.0 Å². The van der Waals surface area contributed by atoms with Crippen molar-refractivity contribution < 1.29 is 0 Å². The van der Waals surface area contributed by atoms with Crippen LogP contribution in [0.25, 0.3) is 121 Å². The van der Waals surface area contributed by atoms with Gasteiger partial charge < -0.3 is 4.57 Å². The highest BCUT2D eigenvalue weighted by atomic mass is 32.1. The number of aromatic nitrogens is 4. The number of hydrogen-bond donors (Lipinski definition) is 0. The Labute approximate surface area is 354 Å². The Morgan fingerprint density at radius 3 is 1.85 bits per heavy atom. The van der Waals surface area contributed by atoms with E-state index in [0.717, 1.165) is 71.0 Å². The second-order valence-electron chi connectivity index (χ2n) is 15.7. The number of nitrogens with zero attached hydrogens (tertiary/aromatic N) is 4. The molecule has 284 valence electrons. The average Bonchev–Trinajstić information content (AvgIpc) is 4.02. The van der Waals surface area contributed by atoms with E-state index in [-0.39, 0.29) is 0 Å². The molecule has 9 aromatic carbocycles. The van der Waals surface area contributed by atoms with Crippen molar-refractivity contribution in [1.29, 1.82) is 0 Å². The predicted octanol–water partition coefficient (Wildman–Crippen LogP) is 15.2. The van der Waals surface area contributed by atoms with Gasteiger partial charge in [0, 0.05) is 54.7 Å². The quantitative estimate of drug-likeness (QED) is 0.174. The normalized spacial score (nSPS) is 11.9. The van der Waals surface area contributed by atoms with Crippen LogP contribution in [-0.4, -0.2) is 19.1 Å². The summed E-state index contributed by atoms with van der Waals surface area (Å²) in [6, 6.07) is 72.1. The van der Waals surface area contributed by atoms with Crippen molar-refractivity contribution in [2.75, 3.05) is 0 Å². The molecule has 0 unspecified atom stereocenters. The number of thiophene rings is 1. The number of para-hydroxylation sites is 2. The summed E-state index contributed by atoms with van der Waals surface area (Å²) in [4.78, 5) is 11.0. The molecule has 13 aromatic rings. The summed E-state index contributed by atoms with van der Waals surface area (Å²) in [7, 11) is 0. The Hall–Kier alpha value is -7.86. The molecule has 5 heteroatoms. The maximum absolute atomic E-state index is 5.52. The van der Waals surface area contributed by atoms with Crippen LogP contribution in [0.2, 0.25) is 0 Å². The van der Waals surface area contributed by atoms with Crippen LogP contribution in [0.1, 0.15) is 0 Å². The van der Waals surface area contributed by atoms with Crippen LogP contribution >= 0.6 is 11.3 Å². The molecule has 0 aliphatic heterocycles. The lowest BCUT2D eigenvalue weighted by Crippen LogP contribution is -2.03. The minimum absolute atomic E-state index is 0.657. The molecular weight excluding hydrogens is 761 g/mol. The lowest BCUT2D eigenvalue weighted by atomic mass is 9.98. The van der Waals surface area contributed by atoms with Crippen LogP contribution < -0.4 is 0 Å². The van der Waals surface area contributed by atoms with E-state index in [4.69, 9.17) is 9.97 Å². The van der Waals surface area contributed by atoms with Crippen LogP contribution in [0.3, 0.4) is 0 Å². The molecule has 0 N–H and O–H groups in total. The van der Waals surface area contributed by atoms with E-state index in [0.29, 0.717) is 5.95 Å². The van der Waals surface area contributed by atoms with Crippen LogP contribution in [0.15, 0.2) is 206 Å². The van der Waals surface area contributed by atoms with Crippen LogP contribution in [0.5, 0.6) is 0 Å². The standard InChI is InChI=1S/C56H34N4S/c1-4-15-35(16-5-1)47-34-61-55-51(38-19-6-2-7-20-38)57-56(58-52(47)55)60-48-31-29-39(33-46(48)44-30-27-37-18-11-13-24-42(37)53(44)60)43-25-14-26-45-50-41-23-12-10-17-36(41)28-32-49(50)59(54(43)45)40-21-8-3-9-22-40/h1-34H. The Kier molecular flexibility index (Phi) is 7.44. The fourth-order valence-corrected chi connectivity index (χ4v) is 10.7. The third kappa shape index (κ3) is 5.11. The zero-order chi connectivity index (χ0) is 40.0. The summed E-state index contributed by atoms with van der Waals surface area (Å²) >= 11 is 1.71. The molecule has 0 fully saturated rings. The minimum atomic E-state index is 0.657. The number of rotatable bonds is 5. The van der Waals surface area contributed by atoms with Gasteiger partial charge in [0.1, 0.15) is 0 Å². The van der Waals surface area contributed by atoms with E-state index in [1.54, 1.807) is 11.3 Å². The second-order valence-corrected chi connectivity index (χ2v) is 16.6. The molecule has 4 heterocycles. The van der Waals surface area contributed by atoms with Crippen molar-refractivity contribution in [3.63, 3.8) is 0 Å². The van der Waals surface area contributed by atoms with E-state index in [9.17, 15) is 0 Å². The molecule has 0 amide bonds. The second kappa shape index (κ2) is 13.3. The molecule has 61 heavy (non-hydrogen) atoms. The lowest BCUT2D eigenvalue weighted by Gasteiger charge is -2.13. The molecule has 0 spiro atoms. The van der Waals surface area contributed by atoms with Gasteiger partial charge in [-0.15, -0.1) is 11.3 Å². The molecule has 0 radical (unpaired) electrons. The van der Waals surface area contributed by atoms with Gasteiger partial charge in [0.25, 0.3) is 0 Å². The molecule has 0 aliphatic rings.